The summed E-state index contributed by atoms with van der Waals surface area (Å²) in [5.41, 5.74) is -0.758. The van der Waals surface area contributed by atoms with E-state index in [2.05, 4.69) is 0 Å². The van der Waals surface area contributed by atoms with E-state index in [9.17, 15) is 13.9 Å². The van der Waals surface area contributed by atoms with Crippen LogP contribution in [0.25, 0.3) is 0 Å². The van der Waals surface area contributed by atoms with E-state index < -0.39 is 17.2 Å². The van der Waals surface area contributed by atoms with E-state index in [-0.39, 0.29) is 12.0 Å². The fourth-order valence-electron chi connectivity index (χ4n) is 1.22. The number of hydrogen-bond donors (Lipinski definition) is 1. The Balaban J connectivity index is 2.92. The second-order valence-electron chi connectivity index (χ2n) is 3.74. The zero-order chi connectivity index (χ0) is 10.8. The van der Waals surface area contributed by atoms with Gasteiger partial charge >= 0.3 is 0 Å². The molecule has 1 atom stereocenters. The molecular formula is C11H14F2O. The average Bonchev–Trinajstić information content (AvgIpc) is 2.13. The second kappa shape index (κ2) is 4.05. The maximum absolute atomic E-state index is 13.2. The van der Waals surface area contributed by atoms with Gasteiger partial charge in [-0.3, -0.25) is 0 Å². The molecule has 0 saturated carbocycles. The lowest BCUT2D eigenvalue weighted by Gasteiger charge is -2.21. The van der Waals surface area contributed by atoms with Gasteiger partial charge in [-0.05, 0) is 25.0 Å². The third kappa shape index (κ3) is 2.51. The Hall–Kier alpha value is -0.960. The number of aliphatic hydroxyl groups is 1. The molecular weight excluding hydrogens is 186 g/mol. The van der Waals surface area contributed by atoms with Crippen molar-refractivity contribution in [2.75, 3.05) is 0 Å². The highest BCUT2D eigenvalue weighted by atomic mass is 19.2. The minimum absolute atomic E-state index is 0.132. The van der Waals surface area contributed by atoms with Crippen molar-refractivity contribution in [1.29, 1.82) is 0 Å². The summed E-state index contributed by atoms with van der Waals surface area (Å²) in [4.78, 5) is 0. The van der Waals surface area contributed by atoms with Crippen molar-refractivity contribution in [3.8, 4) is 0 Å². The molecule has 0 radical (unpaired) electrons. The van der Waals surface area contributed by atoms with Gasteiger partial charge in [0.25, 0.3) is 0 Å². The summed E-state index contributed by atoms with van der Waals surface area (Å²) in [6, 6.07) is 4.00. The molecule has 0 saturated heterocycles. The molecule has 0 aliphatic heterocycles. The van der Waals surface area contributed by atoms with E-state index in [1.165, 1.54) is 12.1 Å². The molecule has 0 fully saturated rings. The number of rotatable bonds is 3. The van der Waals surface area contributed by atoms with Crippen LogP contribution in [0.2, 0.25) is 0 Å². The van der Waals surface area contributed by atoms with Crippen molar-refractivity contribution in [2.24, 2.45) is 0 Å². The highest BCUT2D eigenvalue weighted by molar-refractivity contribution is 5.20. The minimum atomic E-state index is -0.978. The van der Waals surface area contributed by atoms with Crippen molar-refractivity contribution in [3.05, 3.63) is 35.4 Å². The topological polar surface area (TPSA) is 20.2 Å². The molecule has 1 nitrogen and oxygen atoms in total. The van der Waals surface area contributed by atoms with Crippen LogP contribution in [0.5, 0.6) is 0 Å². The molecule has 1 rings (SSSR count). The summed E-state index contributed by atoms with van der Waals surface area (Å²) in [6.45, 7) is 3.41. The van der Waals surface area contributed by atoms with Gasteiger partial charge in [0.05, 0.1) is 5.60 Å². The predicted octanol–water partition coefficient (Wildman–Crippen LogP) is 2.67. The average molecular weight is 200 g/mol. The molecule has 0 heterocycles. The number of halogens is 2. The van der Waals surface area contributed by atoms with Crippen LogP contribution in [0, 0.1) is 11.6 Å². The predicted molar refractivity (Wildman–Crippen MR) is 51.0 cm³/mol. The Labute approximate surface area is 82.4 Å². The van der Waals surface area contributed by atoms with Crippen LogP contribution >= 0.6 is 0 Å². The first-order valence-corrected chi connectivity index (χ1v) is 4.61. The van der Waals surface area contributed by atoms with Crippen molar-refractivity contribution in [1.82, 2.24) is 0 Å². The van der Waals surface area contributed by atoms with Gasteiger partial charge in [0.15, 0.2) is 11.6 Å². The highest BCUT2D eigenvalue weighted by Gasteiger charge is 2.21. The van der Waals surface area contributed by atoms with Gasteiger partial charge in [0, 0.05) is 6.42 Å². The summed E-state index contributed by atoms with van der Waals surface area (Å²) in [5, 5.41) is 9.70. The van der Waals surface area contributed by atoms with Crippen molar-refractivity contribution >= 4 is 0 Å². The molecule has 14 heavy (non-hydrogen) atoms. The summed E-state index contributed by atoms with van der Waals surface area (Å²) in [7, 11) is 0. The molecule has 0 amide bonds. The zero-order valence-electron chi connectivity index (χ0n) is 8.35. The summed E-state index contributed by atoms with van der Waals surface area (Å²) >= 11 is 0. The van der Waals surface area contributed by atoms with Crippen LogP contribution in [-0.4, -0.2) is 10.7 Å². The van der Waals surface area contributed by atoms with Crippen LogP contribution < -0.4 is 0 Å². The van der Waals surface area contributed by atoms with Gasteiger partial charge < -0.3 is 5.11 Å². The molecule has 0 spiro atoms. The first-order chi connectivity index (χ1) is 6.46. The van der Waals surface area contributed by atoms with Crippen molar-refractivity contribution in [3.63, 3.8) is 0 Å². The smallest absolute Gasteiger partial charge is 0.162 e. The lowest BCUT2D eigenvalue weighted by atomic mass is 9.94. The zero-order valence-corrected chi connectivity index (χ0v) is 8.35. The van der Waals surface area contributed by atoms with E-state index in [0.29, 0.717) is 6.42 Å². The Kier molecular flexibility index (Phi) is 3.21. The van der Waals surface area contributed by atoms with Gasteiger partial charge in [-0.15, -0.1) is 0 Å². The third-order valence-corrected chi connectivity index (χ3v) is 2.36. The Morgan fingerprint density at radius 1 is 1.36 bits per heavy atom. The van der Waals surface area contributed by atoms with Crippen molar-refractivity contribution < 1.29 is 13.9 Å². The molecule has 0 bridgehead atoms. The highest BCUT2D eigenvalue weighted by Crippen LogP contribution is 2.20. The fraction of sp³-hybridized carbons (Fsp3) is 0.455. The van der Waals surface area contributed by atoms with Gasteiger partial charge in [0.2, 0.25) is 0 Å². The monoisotopic (exact) mass is 200 g/mol. The third-order valence-electron chi connectivity index (χ3n) is 2.36. The Bertz CT molecular complexity index is 321. The van der Waals surface area contributed by atoms with E-state index in [0.717, 1.165) is 6.07 Å². The summed E-state index contributed by atoms with van der Waals surface area (Å²) in [5.74, 6) is -1.73. The van der Waals surface area contributed by atoms with Gasteiger partial charge in [-0.2, -0.15) is 0 Å². The van der Waals surface area contributed by atoms with Crippen LogP contribution in [0.4, 0.5) is 8.78 Å². The molecule has 0 aliphatic rings. The fourth-order valence-corrected chi connectivity index (χ4v) is 1.22. The molecule has 0 aromatic heterocycles. The Morgan fingerprint density at radius 3 is 2.57 bits per heavy atom. The van der Waals surface area contributed by atoms with E-state index >= 15 is 0 Å². The summed E-state index contributed by atoms with van der Waals surface area (Å²) < 4.78 is 26.0. The van der Waals surface area contributed by atoms with E-state index in [4.69, 9.17) is 0 Å². The maximum Gasteiger partial charge on any atom is 0.162 e. The maximum atomic E-state index is 13.2. The molecule has 78 valence electrons. The second-order valence-corrected chi connectivity index (χ2v) is 3.74. The van der Waals surface area contributed by atoms with Crippen LogP contribution in [-0.2, 0) is 6.42 Å². The quantitative estimate of drug-likeness (QED) is 0.795. The minimum Gasteiger partial charge on any atom is -0.390 e. The van der Waals surface area contributed by atoms with E-state index in [1.807, 2.05) is 0 Å². The largest absolute Gasteiger partial charge is 0.390 e. The molecule has 1 aromatic carbocycles. The normalized spacial score (nSPS) is 15.2. The Morgan fingerprint density at radius 2 is 2.00 bits per heavy atom. The SMILES string of the molecule is CCC(C)(O)Cc1cccc(F)c1F. The van der Waals surface area contributed by atoms with Gasteiger partial charge in [-0.25, -0.2) is 8.78 Å². The molecule has 3 heteroatoms. The molecule has 1 unspecified atom stereocenters. The van der Waals surface area contributed by atoms with Crippen molar-refractivity contribution in [2.45, 2.75) is 32.3 Å². The molecule has 1 aromatic rings. The number of hydrogen-bond acceptors (Lipinski definition) is 1. The van der Waals surface area contributed by atoms with Crippen LogP contribution in [0.15, 0.2) is 18.2 Å². The standard InChI is InChI=1S/C11H14F2O/c1-3-11(2,14)7-8-5-4-6-9(12)10(8)13/h4-6,14H,3,7H2,1-2H3. The lowest BCUT2D eigenvalue weighted by molar-refractivity contribution is 0.0554. The first-order valence-electron chi connectivity index (χ1n) is 4.61. The molecule has 0 aliphatic carbocycles. The van der Waals surface area contributed by atoms with Crippen LogP contribution in [0.3, 0.4) is 0 Å². The van der Waals surface area contributed by atoms with Gasteiger partial charge in [-0.1, -0.05) is 19.1 Å². The van der Waals surface area contributed by atoms with E-state index in [1.54, 1.807) is 13.8 Å². The lowest BCUT2D eigenvalue weighted by Crippen LogP contribution is -2.26. The van der Waals surface area contributed by atoms with Gasteiger partial charge in [0.1, 0.15) is 0 Å². The first kappa shape index (κ1) is 11.1. The molecule has 1 N–H and O–H groups in total. The number of benzene rings is 1. The summed E-state index contributed by atoms with van der Waals surface area (Å²) in [6.07, 6.45) is 0.635. The van der Waals surface area contributed by atoms with Crippen LogP contribution in [0.1, 0.15) is 25.8 Å².